The molecular formula is C11H21N3OS. The molecular weight excluding hydrogens is 222 g/mol. The lowest BCUT2D eigenvalue weighted by Gasteiger charge is -2.38. The van der Waals surface area contributed by atoms with E-state index < -0.39 is 0 Å². The Balaban J connectivity index is 1.82. The molecule has 2 fully saturated rings. The summed E-state index contributed by atoms with van der Waals surface area (Å²) in [5, 5.41) is 4.15. The van der Waals surface area contributed by atoms with E-state index in [0.717, 1.165) is 38.1 Å². The van der Waals surface area contributed by atoms with Crippen molar-refractivity contribution in [2.24, 2.45) is 0 Å². The van der Waals surface area contributed by atoms with Gasteiger partial charge in [0.1, 0.15) is 0 Å². The monoisotopic (exact) mass is 243 g/mol. The zero-order chi connectivity index (χ0) is 11.4. The fraction of sp³-hybridized carbons (Fsp3) is 0.909. The Morgan fingerprint density at radius 3 is 3.12 bits per heavy atom. The Bertz CT molecular complexity index is 243. The number of hydrogen-bond donors (Lipinski definition) is 1. The summed E-state index contributed by atoms with van der Waals surface area (Å²) in [6, 6.07) is 0. The number of nitrogens with zero attached hydrogens (tertiary/aromatic N) is 2. The fourth-order valence-electron chi connectivity index (χ4n) is 2.29. The third-order valence-electron chi connectivity index (χ3n) is 3.10. The molecule has 2 rings (SSSR count). The topological polar surface area (TPSA) is 27.7 Å². The van der Waals surface area contributed by atoms with Crippen LogP contribution in [0.25, 0.3) is 0 Å². The maximum Gasteiger partial charge on any atom is 0.171 e. The van der Waals surface area contributed by atoms with Gasteiger partial charge in [0.05, 0.1) is 19.4 Å². The van der Waals surface area contributed by atoms with Crippen LogP contribution in [-0.4, -0.2) is 54.0 Å². The molecule has 0 spiro atoms. The van der Waals surface area contributed by atoms with E-state index in [1.54, 1.807) is 0 Å². The highest BCUT2D eigenvalue weighted by Crippen LogP contribution is 2.14. The van der Waals surface area contributed by atoms with Crippen LogP contribution in [0.5, 0.6) is 0 Å². The summed E-state index contributed by atoms with van der Waals surface area (Å²) in [7, 11) is 0. The highest BCUT2D eigenvalue weighted by atomic mass is 32.1. The zero-order valence-electron chi connectivity index (χ0n) is 9.95. The molecule has 2 heterocycles. The number of thiocarbonyl (C=S) groups is 1. The van der Waals surface area contributed by atoms with Gasteiger partial charge in [-0.3, -0.25) is 4.90 Å². The van der Waals surface area contributed by atoms with Gasteiger partial charge in [-0.2, -0.15) is 0 Å². The SMILES string of the molecule is CCCN1CNC(=S)N(C[C@H]2CCCO2)C1. The molecule has 4 nitrogen and oxygen atoms in total. The smallest absolute Gasteiger partial charge is 0.171 e. The van der Waals surface area contributed by atoms with Crippen LogP contribution in [0.3, 0.4) is 0 Å². The van der Waals surface area contributed by atoms with E-state index in [2.05, 4.69) is 22.0 Å². The number of ether oxygens (including phenoxy) is 1. The quantitative estimate of drug-likeness (QED) is 0.743. The van der Waals surface area contributed by atoms with E-state index in [1.807, 2.05) is 0 Å². The Hall–Kier alpha value is -0.390. The maximum absolute atomic E-state index is 5.65. The first-order chi connectivity index (χ1) is 7.79. The van der Waals surface area contributed by atoms with Crippen molar-refractivity contribution in [3.05, 3.63) is 0 Å². The molecule has 2 aliphatic rings. The second-order valence-corrected chi connectivity index (χ2v) is 4.92. The fourth-order valence-corrected chi connectivity index (χ4v) is 2.48. The summed E-state index contributed by atoms with van der Waals surface area (Å²) in [5.41, 5.74) is 0. The number of nitrogens with one attached hydrogen (secondary N) is 1. The second kappa shape index (κ2) is 5.80. The molecule has 0 amide bonds. The maximum atomic E-state index is 5.65. The molecule has 1 N–H and O–H groups in total. The van der Waals surface area contributed by atoms with Gasteiger partial charge in [-0.25, -0.2) is 0 Å². The summed E-state index contributed by atoms with van der Waals surface area (Å²) >= 11 is 5.33. The Kier molecular flexibility index (Phi) is 4.37. The van der Waals surface area contributed by atoms with Crippen molar-refractivity contribution >= 4 is 17.3 Å². The molecule has 0 unspecified atom stereocenters. The van der Waals surface area contributed by atoms with Crippen LogP contribution in [0.4, 0.5) is 0 Å². The van der Waals surface area contributed by atoms with Crippen LogP contribution in [0.15, 0.2) is 0 Å². The van der Waals surface area contributed by atoms with Gasteiger partial charge >= 0.3 is 0 Å². The van der Waals surface area contributed by atoms with Gasteiger partial charge in [0.2, 0.25) is 0 Å². The Morgan fingerprint density at radius 2 is 2.44 bits per heavy atom. The molecule has 16 heavy (non-hydrogen) atoms. The van der Waals surface area contributed by atoms with Gasteiger partial charge < -0.3 is 15.0 Å². The van der Waals surface area contributed by atoms with Crippen LogP contribution >= 0.6 is 12.2 Å². The first kappa shape index (κ1) is 12.1. The van der Waals surface area contributed by atoms with Crippen LogP contribution in [-0.2, 0) is 4.74 Å². The molecule has 0 radical (unpaired) electrons. The Morgan fingerprint density at radius 1 is 1.56 bits per heavy atom. The van der Waals surface area contributed by atoms with Crippen molar-refractivity contribution < 1.29 is 4.74 Å². The summed E-state index contributed by atoms with van der Waals surface area (Å²) in [4.78, 5) is 4.61. The lowest BCUT2D eigenvalue weighted by Crippen LogP contribution is -2.57. The van der Waals surface area contributed by atoms with Gasteiger partial charge in [-0.05, 0) is 31.5 Å². The van der Waals surface area contributed by atoms with E-state index in [9.17, 15) is 0 Å². The van der Waals surface area contributed by atoms with Crippen molar-refractivity contribution in [1.29, 1.82) is 0 Å². The molecule has 5 heteroatoms. The molecule has 0 aromatic rings. The van der Waals surface area contributed by atoms with Crippen LogP contribution in [0, 0.1) is 0 Å². The molecule has 2 aliphatic heterocycles. The lowest BCUT2D eigenvalue weighted by atomic mass is 10.2. The van der Waals surface area contributed by atoms with Crippen molar-refractivity contribution in [3.63, 3.8) is 0 Å². The third-order valence-corrected chi connectivity index (χ3v) is 3.50. The minimum Gasteiger partial charge on any atom is -0.376 e. The summed E-state index contributed by atoms with van der Waals surface area (Å²) in [6.07, 6.45) is 3.92. The van der Waals surface area contributed by atoms with E-state index in [4.69, 9.17) is 17.0 Å². The summed E-state index contributed by atoms with van der Waals surface area (Å²) in [6.45, 7) is 7.01. The first-order valence-electron chi connectivity index (χ1n) is 6.16. The van der Waals surface area contributed by atoms with Crippen LogP contribution in [0.1, 0.15) is 26.2 Å². The minimum absolute atomic E-state index is 0.376. The minimum atomic E-state index is 0.376. The van der Waals surface area contributed by atoms with Crippen molar-refractivity contribution in [3.8, 4) is 0 Å². The van der Waals surface area contributed by atoms with Gasteiger partial charge in [-0.1, -0.05) is 6.92 Å². The largest absolute Gasteiger partial charge is 0.376 e. The number of rotatable bonds is 4. The molecule has 0 bridgehead atoms. The second-order valence-electron chi connectivity index (χ2n) is 4.53. The lowest BCUT2D eigenvalue weighted by molar-refractivity contribution is 0.0659. The predicted octanol–water partition coefficient (Wildman–Crippen LogP) is 0.982. The zero-order valence-corrected chi connectivity index (χ0v) is 10.8. The van der Waals surface area contributed by atoms with Crippen LogP contribution < -0.4 is 5.32 Å². The molecule has 0 saturated carbocycles. The molecule has 92 valence electrons. The third kappa shape index (κ3) is 3.06. The summed E-state index contributed by atoms with van der Waals surface area (Å²) in [5.74, 6) is 0. The average Bonchev–Trinajstić information content (AvgIpc) is 2.76. The molecule has 1 atom stereocenters. The molecule has 0 aromatic heterocycles. The average molecular weight is 243 g/mol. The van der Waals surface area contributed by atoms with E-state index in [-0.39, 0.29) is 0 Å². The predicted molar refractivity (Wildman–Crippen MR) is 68.1 cm³/mol. The van der Waals surface area contributed by atoms with Gasteiger partial charge in [0, 0.05) is 19.7 Å². The van der Waals surface area contributed by atoms with Crippen molar-refractivity contribution in [1.82, 2.24) is 15.1 Å². The molecule has 0 aromatic carbocycles. The highest BCUT2D eigenvalue weighted by Gasteiger charge is 2.24. The van der Waals surface area contributed by atoms with Crippen molar-refractivity contribution in [2.75, 3.05) is 33.0 Å². The first-order valence-corrected chi connectivity index (χ1v) is 6.57. The number of hydrogen-bond acceptors (Lipinski definition) is 3. The van der Waals surface area contributed by atoms with E-state index >= 15 is 0 Å². The standard InChI is InChI=1S/C11H21N3OS/c1-2-5-13-8-12-11(16)14(9-13)7-10-4-3-6-15-10/h10H,2-9H2,1H3,(H,12,16)/t10-/m1/s1. The molecule has 0 aliphatic carbocycles. The normalized spacial score (nSPS) is 27.2. The summed E-state index contributed by atoms with van der Waals surface area (Å²) < 4.78 is 5.65. The highest BCUT2D eigenvalue weighted by molar-refractivity contribution is 7.80. The van der Waals surface area contributed by atoms with Gasteiger partial charge in [0.25, 0.3) is 0 Å². The van der Waals surface area contributed by atoms with Gasteiger partial charge in [-0.15, -0.1) is 0 Å². The Labute approximate surface area is 103 Å². The van der Waals surface area contributed by atoms with Gasteiger partial charge in [0.15, 0.2) is 5.11 Å². The molecule has 2 saturated heterocycles. The van der Waals surface area contributed by atoms with E-state index in [1.165, 1.54) is 19.3 Å². The van der Waals surface area contributed by atoms with E-state index in [0.29, 0.717) is 6.10 Å². The van der Waals surface area contributed by atoms with Crippen molar-refractivity contribution in [2.45, 2.75) is 32.3 Å². The van der Waals surface area contributed by atoms with Crippen LogP contribution in [0.2, 0.25) is 0 Å².